The van der Waals surface area contributed by atoms with Crippen LogP contribution in [0.5, 0.6) is 0 Å². The minimum Gasteiger partial charge on any atom is -0.444 e. The van der Waals surface area contributed by atoms with Gasteiger partial charge in [0.1, 0.15) is 17.7 Å². The van der Waals surface area contributed by atoms with Gasteiger partial charge in [0, 0.05) is 6.42 Å². The zero-order chi connectivity index (χ0) is 19.1. The Morgan fingerprint density at radius 3 is 2.00 bits per heavy atom. The lowest BCUT2D eigenvalue weighted by molar-refractivity contribution is -0.130. The molecule has 0 saturated carbocycles. The van der Waals surface area contributed by atoms with Gasteiger partial charge in [-0.25, -0.2) is 4.79 Å². The number of amides is 2. The molecule has 7 nitrogen and oxygen atoms in total. The van der Waals surface area contributed by atoms with Crippen molar-refractivity contribution in [3.05, 3.63) is 5.92 Å². The van der Waals surface area contributed by atoms with Crippen molar-refractivity contribution >= 4 is 17.8 Å². The van der Waals surface area contributed by atoms with Crippen molar-refractivity contribution in [1.82, 2.24) is 10.6 Å². The Morgan fingerprint density at radius 2 is 1.62 bits per heavy atom. The van der Waals surface area contributed by atoms with Crippen LogP contribution in [0.1, 0.15) is 54.9 Å². The third-order valence-electron chi connectivity index (χ3n) is 3.04. The number of carbonyl (C=O) groups is 3. The summed E-state index contributed by atoms with van der Waals surface area (Å²) in [6.07, 6.45) is -0.530. The van der Waals surface area contributed by atoms with E-state index in [1.165, 1.54) is 0 Å². The van der Waals surface area contributed by atoms with E-state index < -0.39 is 36.3 Å². The van der Waals surface area contributed by atoms with E-state index in [4.69, 9.17) is 4.74 Å². The molecular formula is C17H31N2O5. The van der Waals surface area contributed by atoms with Crippen molar-refractivity contribution in [2.24, 2.45) is 5.92 Å². The zero-order valence-electron chi connectivity index (χ0n) is 15.7. The molecule has 7 heteroatoms. The van der Waals surface area contributed by atoms with Crippen LogP contribution in [0.25, 0.3) is 0 Å². The van der Waals surface area contributed by atoms with Gasteiger partial charge in [0.25, 0.3) is 0 Å². The van der Waals surface area contributed by atoms with Crippen molar-refractivity contribution in [3.8, 4) is 0 Å². The standard InChI is InChI=1S/C17H31N2O5/c1-10(2)8-13(21)12(9-20)18-15(22)14(11(3)4)19-16(23)24-17(5,6)7/h11-12,14,20H,8-9H2,1-7H3,(H,18,22)(H,19,23)/t12-,14-/m0/s1. The lowest BCUT2D eigenvalue weighted by atomic mass is 10.00. The first-order chi connectivity index (χ1) is 10.9. The fourth-order valence-corrected chi connectivity index (χ4v) is 1.93. The molecule has 0 rings (SSSR count). The quantitative estimate of drug-likeness (QED) is 0.621. The van der Waals surface area contributed by atoms with Crippen LogP contribution in [0, 0.1) is 11.8 Å². The summed E-state index contributed by atoms with van der Waals surface area (Å²) in [5.74, 6) is -0.130. The summed E-state index contributed by atoms with van der Waals surface area (Å²) in [5, 5.41) is 14.4. The van der Waals surface area contributed by atoms with Crippen LogP contribution in [0.4, 0.5) is 4.79 Å². The summed E-state index contributed by atoms with van der Waals surface area (Å²) in [6.45, 7) is 11.8. The fourth-order valence-electron chi connectivity index (χ4n) is 1.93. The van der Waals surface area contributed by atoms with Crippen molar-refractivity contribution in [3.63, 3.8) is 0 Å². The molecule has 0 aliphatic carbocycles. The number of aliphatic hydroxyl groups is 1. The van der Waals surface area contributed by atoms with E-state index in [1.54, 1.807) is 48.5 Å². The van der Waals surface area contributed by atoms with Crippen molar-refractivity contribution in [2.75, 3.05) is 6.61 Å². The summed E-state index contributed by atoms with van der Waals surface area (Å²) in [7, 11) is 0. The van der Waals surface area contributed by atoms with Gasteiger partial charge in [0.2, 0.25) is 5.91 Å². The Hall–Kier alpha value is -1.63. The number of hydrogen-bond donors (Lipinski definition) is 3. The molecule has 0 aromatic rings. The maximum Gasteiger partial charge on any atom is 0.408 e. The van der Waals surface area contributed by atoms with Crippen LogP contribution in [0.2, 0.25) is 0 Å². The van der Waals surface area contributed by atoms with Gasteiger partial charge >= 0.3 is 6.09 Å². The molecule has 0 aliphatic rings. The highest BCUT2D eigenvalue weighted by atomic mass is 16.6. The topological polar surface area (TPSA) is 105 Å². The number of ether oxygens (including phenoxy) is 1. The van der Waals surface area contributed by atoms with Crippen LogP contribution in [-0.2, 0) is 14.3 Å². The van der Waals surface area contributed by atoms with Crippen molar-refractivity contribution in [2.45, 2.75) is 72.6 Å². The molecule has 0 unspecified atom stereocenters. The number of alkyl carbamates (subject to hydrolysis) is 1. The van der Waals surface area contributed by atoms with E-state index >= 15 is 0 Å². The average Bonchev–Trinajstić information content (AvgIpc) is 2.38. The first kappa shape index (κ1) is 22.4. The van der Waals surface area contributed by atoms with Crippen LogP contribution in [0.3, 0.4) is 0 Å². The summed E-state index contributed by atoms with van der Waals surface area (Å²) >= 11 is 0. The Bertz CT molecular complexity index is 441. The first-order valence-corrected chi connectivity index (χ1v) is 8.09. The smallest absolute Gasteiger partial charge is 0.408 e. The van der Waals surface area contributed by atoms with E-state index in [0.29, 0.717) is 0 Å². The van der Waals surface area contributed by atoms with E-state index in [2.05, 4.69) is 10.6 Å². The number of aliphatic hydroxyl groups excluding tert-OH is 1. The molecule has 0 bridgehead atoms. The number of ketones is 1. The predicted octanol–water partition coefficient (Wildman–Crippen LogP) is 1.59. The Kier molecular flexibility index (Phi) is 8.96. The normalized spacial score (nSPS) is 14.2. The Balaban J connectivity index is 4.90. The lowest BCUT2D eigenvalue weighted by Gasteiger charge is -2.26. The maximum atomic E-state index is 12.4. The molecule has 139 valence electrons. The average molecular weight is 343 g/mol. The second-order valence-electron chi connectivity index (χ2n) is 7.46. The van der Waals surface area contributed by atoms with Gasteiger partial charge in [0.15, 0.2) is 5.78 Å². The van der Waals surface area contributed by atoms with Gasteiger partial charge in [-0.2, -0.15) is 0 Å². The number of rotatable bonds is 8. The van der Waals surface area contributed by atoms with Crippen LogP contribution < -0.4 is 10.6 Å². The monoisotopic (exact) mass is 343 g/mol. The third-order valence-corrected chi connectivity index (χ3v) is 3.04. The van der Waals surface area contributed by atoms with Gasteiger partial charge in [-0.3, -0.25) is 9.59 Å². The number of nitrogens with one attached hydrogen (secondary N) is 2. The van der Waals surface area contributed by atoms with Gasteiger partial charge in [-0.1, -0.05) is 27.7 Å². The van der Waals surface area contributed by atoms with E-state index in [-0.39, 0.29) is 18.1 Å². The largest absolute Gasteiger partial charge is 0.444 e. The van der Waals surface area contributed by atoms with Crippen molar-refractivity contribution < 1.29 is 24.2 Å². The second kappa shape index (κ2) is 9.61. The summed E-state index contributed by atoms with van der Waals surface area (Å²) in [5.41, 5.74) is -0.680. The SMILES string of the molecule is C[C](C)CC(=O)[C@H](CO)NC(=O)[C@@H](NC(=O)OC(C)(C)C)C(C)C. The number of Topliss-reactive ketones (excluding diaryl/α,β-unsaturated/α-hetero) is 1. The molecule has 2 amide bonds. The predicted molar refractivity (Wildman–Crippen MR) is 91.2 cm³/mol. The highest BCUT2D eigenvalue weighted by molar-refractivity contribution is 5.93. The van der Waals surface area contributed by atoms with Crippen molar-refractivity contribution in [1.29, 1.82) is 0 Å². The summed E-state index contributed by atoms with van der Waals surface area (Å²) < 4.78 is 5.15. The minimum absolute atomic E-state index is 0.178. The maximum absolute atomic E-state index is 12.4. The molecule has 24 heavy (non-hydrogen) atoms. The van der Waals surface area contributed by atoms with Crippen LogP contribution >= 0.6 is 0 Å². The summed E-state index contributed by atoms with van der Waals surface area (Å²) in [4.78, 5) is 36.3. The Labute approximate surface area is 144 Å². The minimum atomic E-state index is -0.992. The number of hydrogen-bond acceptors (Lipinski definition) is 5. The van der Waals surface area contributed by atoms with E-state index in [9.17, 15) is 19.5 Å². The molecule has 0 spiro atoms. The zero-order valence-corrected chi connectivity index (χ0v) is 15.7. The molecule has 0 fully saturated rings. The second-order valence-corrected chi connectivity index (χ2v) is 7.46. The molecule has 1 radical (unpaired) electrons. The Morgan fingerprint density at radius 1 is 1.08 bits per heavy atom. The van der Waals surface area contributed by atoms with Gasteiger partial charge in [-0.15, -0.1) is 0 Å². The first-order valence-electron chi connectivity index (χ1n) is 8.09. The van der Waals surface area contributed by atoms with E-state index in [1.807, 2.05) is 0 Å². The molecule has 0 aromatic heterocycles. The van der Waals surface area contributed by atoms with Gasteiger partial charge < -0.3 is 20.5 Å². The molecule has 0 aliphatic heterocycles. The van der Waals surface area contributed by atoms with Crippen LogP contribution in [-0.4, -0.2) is 47.2 Å². The third kappa shape index (κ3) is 8.86. The lowest BCUT2D eigenvalue weighted by Crippen LogP contribution is -2.55. The van der Waals surface area contributed by atoms with E-state index in [0.717, 1.165) is 5.92 Å². The van der Waals surface area contributed by atoms with Gasteiger partial charge in [-0.05, 0) is 32.6 Å². The highest BCUT2D eigenvalue weighted by Crippen LogP contribution is 2.10. The molecule has 3 N–H and O–H groups in total. The molecule has 0 heterocycles. The summed E-state index contributed by atoms with van der Waals surface area (Å²) in [6, 6.07) is -1.86. The van der Waals surface area contributed by atoms with Crippen LogP contribution in [0.15, 0.2) is 0 Å². The highest BCUT2D eigenvalue weighted by Gasteiger charge is 2.30. The molecular weight excluding hydrogens is 312 g/mol. The molecule has 2 atom stereocenters. The number of carbonyl (C=O) groups excluding carboxylic acids is 3. The molecule has 0 aromatic carbocycles. The molecule has 0 saturated heterocycles. The fraction of sp³-hybridized carbons (Fsp3) is 0.765. The van der Waals surface area contributed by atoms with Gasteiger partial charge in [0.05, 0.1) is 6.61 Å².